The first kappa shape index (κ1) is 29.8. The number of aliphatic carboxylic acids is 1. The van der Waals surface area contributed by atoms with Crippen LogP contribution in [0.5, 0.6) is 0 Å². The summed E-state index contributed by atoms with van der Waals surface area (Å²) in [5.41, 5.74) is 2.53. The van der Waals surface area contributed by atoms with Crippen LogP contribution in [-0.4, -0.2) is 106 Å². The summed E-state index contributed by atoms with van der Waals surface area (Å²) in [6.45, 7) is 11.9. The summed E-state index contributed by atoms with van der Waals surface area (Å²) >= 11 is 0. The zero-order valence-electron chi connectivity index (χ0n) is 23.8. The van der Waals surface area contributed by atoms with Crippen molar-refractivity contribution in [3.05, 3.63) is 53.6 Å². The van der Waals surface area contributed by atoms with Gasteiger partial charge in [0.25, 0.3) is 0 Å². The van der Waals surface area contributed by atoms with Gasteiger partial charge in [-0.05, 0) is 63.5 Å². The van der Waals surface area contributed by atoms with Crippen LogP contribution < -0.4 is 0 Å². The SMILES string of the molecule is CCCN(CCC)[C@H](CCCN(C)Cc1ccc(CN(CC2=NCCN2C)Cc2ncc[nH]2)cc1)C(=O)O. The minimum Gasteiger partial charge on any atom is -0.480 e. The Labute approximate surface area is 228 Å². The van der Waals surface area contributed by atoms with Crippen molar-refractivity contribution in [3.8, 4) is 0 Å². The number of hydrogen-bond acceptors (Lipinski definition) is 7. The Morgan fingerprint density at radius 2 is 1.74 bits per heavy atom. The number of aromatic amines is 1. The molecule has 9 heteroatoms. The number of hydrogen-bond donors (Lipinski definition) is 2. The molecule has 0 saturated heterocycles. The van der Waals surface area contributed by atoms with Crippen molar-refractivity contribution in [2.45, 2.75) is 65.2 Å². The molecule has 1 aromatic carbocycles. The number of amidine groups is 1. The van der Waals surface area contributed by atoms with E-state index in [-0.39, 0.29) is 6.04 Å². The van der Waals surface area contributed by atoms with E-state index in [2.05, 4.69) is 86.8 Å². The summed E-state index contributed by atoms with van der Waals surface area (Å²) in [6.07, 6.45) is 7.18. The van der Waals surface area contributed by atoms with Crippen LogP contribution in [0, 0.1) is 0 Å². The number of imidazole rings is 1. The predicted octanol–water partition coefficient (Wildman–Crippen LogP) is 3.54. The van der Waals surface area contributed by atoms with Crippen LogP contribution >= 0.6 is 0 Å². The van der Waals surface area contributed by atoms with E-state index in [1.165, 1.54) is 11.1 Å². The van der Waals surface area contributed by atoms with Gasteiger partial charge in [0.05, 0.1) is 19.6 Å². The second-order valence-electron chi connectivity index (χ2n) is 10.5. The molecule has 2 aromatic rings. The third-order valence-corrected chi connectivity index (χ3v) is 7.11. The number of likely N-dealkylation sites (N-methyl/N-ethyl adjacent to an activating group) is 1. The number of carboxylic acids is 1. The van der Waals surface area contributed by atoms with Gasteiger partial charge in [0.1, 0.15) is 17.7 Å². The zero-order valence-corrected chi connectivity index (χ0v) is 23.8. The molecule has 2 heterocycles. The van der Waals surface area contributed by atoms with Crippen LogP contribution in [0.3, 0.4) is 0 Å². The monoisotopic (exact) mass is 525 g/mol. The van der Waals surface area contributed by atoms with Gasteiger partial charge >= 0.3 is 5.97 Å². The Morgan fingerprint density at radius 3 is 2.29 bits per heavy atom. The fourth-order valence-corrected chi connectivity index (χ4v) is 5.13. The number of carbonyl (C=O) groups is 1. The Kier molecular flexibility index (Phi) is 12.2. The van der Waals surface area contributed by atoms with Gasteiger partial charge in [-0.3, -0.25) is 19.6 Å². The molecule has 210 valence electrons. The van der Waals surface area contributed by atoms with E-state index in [1.807, 2.05) is 6.20 Å². The number of rotatable bonds is 18. The number of benzene rings is 1. The van der Waals surface area contributed by atoms with Crippen molar-refractivity contribution in [2.24, 2.45) is 4.99 Å². The summed E-state index contributed by atoms with van der Waals surface area (Å²) in [4.78, 5) is 33.2. The number of aromatic nitrogens is 2. The second kappa shape index (κ2) is 15.6. The Morgan fingerprint density at radius 1 is 1.05 bits per heavy atom. The molecule has 2 N–H and O–H groups in total. The molecule has 1 atom stereocenters. The highest BCUT2D eigenvalue weighted by Gasteiger charge is 2.24. The van der Waals surface area contributed by atoms with Crippen molar-refractivity contribution in [2.75, 3.05) is 53.4 Å². The summed E-state index contributed by atoms with van der Waals surface area (Å²) < 4.78 is 0. The molecule has 0 saturated carbocycles. The van der Waals surface area contributed by atoms with Crippen molar-refractivity contribution in [3.63, 3.8) is 0 Å². The van der Waals surface area contributed by atoms with Gasteiger partial charge in [0, 0.05) is 39.1 Å². The molecule has 3 rings (SSSR count). The number of H-pyrrole nitrogens is 1. The molecular weight excluding hydrogens is 478 g/mol. The van der Waals surface area contributed by atoms with Gasteiger partial charge in [0.2, 0.25) is 0 Å². The van der Waals surface area contributed by atoms with Crippen LogP contribution in [0.15, 0.2) is 41.7 Å². The Bertz CT molecular complexity index is 971. The third-order valence-electron chi connectivity index (χ3n) is 7.11. The van der Waals surface area contributed by atoms with Crippen molar-refractivity contribution in [1.82, 2.24) is 29.6 Å². The van der Waals surface area contributed by atoms with E-state index in [0.29, 0.717) is 6.42 Å². The van der Waals surface area contributed by atoms with Crippen LogP contribution in [0.1, 0.15) is 56.5 Å². The highest BCUT2D eigenvalue weighted by atomic mass is 16.4. The average molecular weight is 526 g/mol. The highest BCUT2D eigenvalue weighted by Crippen LogP contribution is 2.14. The molecule has 0 unspecified atom stereocenters. The minimum absolute atomic E-state index is 0.387. The lowest BCUT2D eigenvalue weighted by atomic mass is 10.1. The lowest BCUT2D eigenvalue weighted by molar-refractivity contribution is -0.143. The summed E-state index contributed by atoms with van der Waals surface area (Å²) in [5.74, 6) is 1.40. The van der Waals surface area contributed by atoms with Crippen molar-refractivity contribution in [1.29, 1.82) is 0 Å². The first-order chi connectivity index (χ1) is 18.4. The maximum Gasteiger partial charge on any atom is 0.320 e. The standard InChI is InChI=1S/C29H47N7O2/c1-5-16-36(17-6-2)26(29(37)38)8-7-18-33(3)20-24-9-11-25(12-10-24)21-35(22-27-30-13-14-31-27)23-28-32-15-19-34(28)4/h9-14,26H,5-8,15-23H2,1-4H3,(H,30,31)(H,37,38)/t26-/m1/s1. The molecular formula is C29H47N7O2. The Hall–Kier alpha value is -2.75. The molecule has 0 fully saturated rings. The topological polar surface area (TPSA) is 91.3 Å². The quantitative estimate of drug-likeness (QED) is 0.308. The zero-order chi connectivity index (χ0) is 27.3. The van der Waals surface area contributed by atoms with Crippen LogP contribution in [-0.2, 0) is 24.4 Å². The predicted molar refractivity (Wildman–Crippen MR) is 153 cm³/mol. The minimum atomic E-state index is -0.696. The maximum absolute atomic E-state index is 11.9. The number of nitrogens with one attached hydrogen (secondary N) is 1. The largest absolute Gasteiger partial charge is 0.480 e. The first-order valence-corrected chi connectivity index (χ1v) is 14.1. The van der Waals surface area contributed by atoms with E-state index in [0.717, 1.165) is 89.8 Å². The number of nitrogens with zero attached hydrogens (tertiary/aromatic N) is 6. The molecule has 9 nitrogen and oxygen atoms in total. The van der Waals surface area contributed by atoms with E-state index >= 15 is 0 Å². The van der Waals surface area contributed by atoms with Gasteiger partial charge in [-0.2, -0.15) is 0 Å². The third kappa shape index (κ3) is 9.53. The lowest BCUT2D eigenvalue weighted by Crippen LogP contribution is -2.42. The maximum atomic E-state index is 11.9. The average Bonchev–Trinajstić information content (AvgIpc) is 3.54. The normalized spacial score (nSPS) is 14.6. The van der Waals surface area contributed by atoms with Gasteiger partial charge < -0.3 is 19.9 Å². The fourth-order valence-electron chi connectivity index (χ4n) is 5.13. The van der Waals surface area contributed by atoms with Gasteiger partial charge in [-0.25, -0.2) is 4.98 Å². The second-order valence-corrected chi connectivity index (χ2v) is 10.5. The molecule has 0 amide bonds. The van der Waals surface area contributed by atoms with Crippen LogP contribution in [0.4, 0.5) is 0 Å². The van der Waals surface area contributed by atoms with E-state index in [9.17, 15) is 9.90 Å². The summed E-state index contributed by atoms with van der Waals surface area (Å²) in [6, 6.07) is 8.46. The van der Waals surface area contributed by atoms with Crippen LogP contribution in [0.25, 0.3) is 0 Å². The molecule has 0 radical (unpaired) electrons. The van der Waals surface area contributed by atoms with Gasteiger partial charge in [0.15, 0.2) is 0 Å². The van der Waals surface area contributed by atoms with Gasteiger partial charge in [-0.1, -0.05) is 38.1 Å². The lowest BCUT2D eigenvalue weighted by Gasteiger charge is -2.28. The smallest absolute Gasteiger partial charge is 0.320 e. The molecule has 1 aliphatic heterocycles. The summed E-state index contributed by atoms with van der Waals surface area (Å²) in [7, 11) is 4.22. The molecule has 0 spiro atoms. The van der Waals surface area contributed by atoms with Crippen LogP contribution in [0.2, 0.25) is 0 Å². The molecule has 0 bridgehead atoms. The van der Waals surface area contributed by atoms with E-state index in [4.69, 9.17) is 0 Å². The fraction of sp³-hybridized carbons (Fsp3) is 0.621. The van der Waals surface area contributed by atoms with Crippen molar-refractivity contribution < 1.29 is 9.90 Å². The molecule has 1 aliphatic rings. The van der Waals surface area contributed by atoms with E-state index < -0.39 is 5.97 Å². The van der Waals surface area contributed by atoms with Gasteiger partial charge in [-0.15, -0.1) is 0 Å². The Balaban J connectivity index is 1.50. The van der Waals surface area contributed by atoms with Crippen molar-refractivity contribution >= 4 is 11.8 Å². The first-order valence-electron chi connectivity index (χ1n) is 14.1. The highest BCUT2D eigenvalue weighted by molar-refractivity contribution is 5.85. The van der Waals surface area contributed by atoms with E-state index in [1.54, 1.807) is 6.20 Å². The number of aliphatic imine (C=N–C) groups is 1. The summed E-state index contributed by atoms with van der Waals surface area (Å²) in [5, 5.41) is 9.78. The molecule has 38 heavy (non-hydrogen) atoms. The number of carboxylic acid groups (broad SMARTS) is 1. The molecule has 1 aromatic heterocycles. The molecule has 0 aliphatic carbocycles.